The first-order chi connectivity index (χ1) is 7.79. The maximum absolute atomic E-state index is 12.6. The highest BCUT2D eigenvalue weighted by atomic mass is 35.5. The Bertz CT molecular complexity index is 231. The third-order valence-corrected chi connectivity index (χ3v) is 5.87. The molecule has 0 bridgehead atoms. The van der Waals surface area contributed by atoms with Crippen LogP contribution in [-0.4, -0.2) is 35.6 Å². The van der Waals surface area contributed by atoms with Gasteiger partial charge in [-0.2, -0.15) is 0 Å². The minimum atomic E-state index is -2.65. The second-order valence-electron chi connectivity index (χ2n) is 4.63. The number of rotatable bonds is 9. The third-order valence-electron chi connectivity index (χ3n) is 2.26. The Kier molecular flexibility index (Phi) is 9.61. The van der Waals surface area contributed by atoms with Crippen LogP contribution in [0.15, 0.2) is 0 Å². The molecule has 4 atom stereocenters. The maximum Gasteiger partial charge on any atom is 0.203 e. The minimum absolute atomic E-state index is 0.00616. The fourth-order valence-corrected chi connectivity index (χ4v) is 4.79. The molecule has 0 heterocycles. The Balaban J connectivity index is 4.39. The van der Waals surface area contributed by atoms with Crippen LogP contribution in [0.1, 0.15) is 27.2 Å². The standard InChI is InChI=1S/C11H22Cl3O2P/c1-9(6-12)8-17(15,5-4-10(2)13)16-7-11(3)14/h9-11H,4-8H2,1-3H3. The van der Waals surface area contributed by atoms with Crippen LogP contribution in [0.4, 0.5) is 0 Å². The van der Waals surface area contributed by atoms with Gasteiger partial charge in [0.15, 0.2) is 0 Å². The minimum Gasteiger partial charge on any atom is -0.327 e. The molecule has 0 spiro atoms. The molecule has 104 valence electrons. The molecule has 0 aliphatic carbocycles. The predicted molar refractivity (Wildman–Crippen MR) is 78.4 cm³/mol. The van der Waals surface area contributed by atoms with Crippen LogP contribution in [-0.2, 0) is 9.09 Å². The van der Waals surface area contributed by atoms with Crippen LogP contribution in [0.2, 0.25) is 0 Å². The van der Waals surface area contributed by atoms with Crippen molar-refractivity contribution >= 4 is 42.2 Å². The van der Waals surface area contributed by atoms with E-state index in [1.807, 2.05) is 20.8 Å². The first-order valence-corrected chi connectivity index (χ1v) is 9.26. The van der Waals surface area contributed by atoms with E-state index in [0.29, 0.717) is 31.2 Å². The van der Waals surface area contributed by atoms with Crippen molar-refractivity contribution in [3.63, 3.8) is 0 Å². The smallest absolute Gasteiger partial charge is 0.203 e. The molecule has 0 aromatic rings. The average Bonchev–Trinajstić information content (AvgIpc) is 2.24. The summed E-state index contributed by atoms with van der Waals surface area (Å²) in [5, 5.41) is -0.130. The van der Waals surface area contributed by atoms with E-state index in [-0.39, 0.29) is 16.7 Å². The number of alkyl halides is 3. The summed E-state index contributed by atoms with van der Waals surface area (Å²) < 4.78 is 18.1. The van der Waals surface area contributed by atoms with Gasteiger partial charge in [-0.15, -0.1) is 34.8 Å². The highest BCUT2D eigenvalue weighted by molar-refractivity contribution is 7.59. The summed E-state index contributed by atoms with van der Waals surface area (Å²) in [5.41, 5.74) is 0. The zero-order valence-electron chi connectivity index (χ0n) is 10.7. The van der Waals surface area contributed by atoms with Crippen molar-refractivity contribution in [1.29, 1.82) is 0 Å². The quantitative estimate of drug-likeness (QED) is 0.450. The molecule has 4 unspecified atom stereocenters. The molecule has 0 rings (SSSR count). The second-order valence-corrected chi connectivity index (χ2v) is 9.12. The molecular formula is C11H22Cl3O2P. The van der Waals surface area contributed by atoms with Crippen molar-refractivity contribution in [1.82, 2.24) is 0 Å². The molecule has 0 fully saturated rings. The van der Waals surface area contributed by atoms with Gasteiger partial charge in [-0.05, 0) is 26.2 Å². The lowest BCUT2D eigenvalue weighted by Gasteiger charge is -2.22. The molecule has 0 amide bonds. The fourth-order valence-electron chi connectivity index (χ4n) is 1.35. The summed E-state index contributed by atoms with van der Waals surface area (Å²) in [6, 6.07) is 0. The summed E-state index contributed by atoms with van der Waals surface area (Å²) in [7, 11) is -2.65. The summed E-state index contributed by atoms with van der Waals surface area (Å²) in [4.78, 5) is 0. The van der Waals surface area contributed by atoms with E-state index in [9.17, 15) is 4.57 Å². The van der Waals surface area contributed by atoms with Crippen LogP contribution in [0.5, 0.6) is 0 Å². The van der Waals surface area contributed by atoms with Crippen LogP contribution >= 0.6 is 42.2 Å². The topological polar surface area (TPSA) is 26.3 Å². The second kappa shape index (κ2) is 9.04. The van der Waals surface area contributed by atoms with Gasteiger partial charge in [0.05, 0.1) is 12.0 Å². The lowest BCUT2D eigenvalue weighted by Crippen LogP contribution is -2.13. The summed E-state index contributed by atoms with van der Waals surface area (Å²) in [6.45, 7) is 5.99. The monoisotopic (exact) mass is 322 g/mol. The Morgan fingerprint density at radius 3 is 2.18 bits per heavy atom. The zero-order chi connectivity index (χ0) is 13.5. The Morgan fingerprint density at radius 2 is 1.76 bits per heavy atom. The first kappa shape index (κ1) is 18.1. The van der Waals surface area contributed by atoms with Gasteiger partial charge in [-0.3, -0.25) is 4.57 Å². The van der Waals surface area contributed by atoms with Gasteiger partial charge in [0.25, 0.3) is 0 Å². The maximum atomic E-state index is 12.6. The number of hydrogen-bond acceptors (Lipinski definition) is 2. The Morgan fingerprint density at radius 1 is 1.18 bits per heavy atom. The van der Waals surface area contributed by atoms with Gasteiger partial charge >= 0.3 is 0 Å². The lowest BCUT2D eigenvalue weighted by molar-refractivity contribution is 0.312. The van der Waals surface area contributed by atoms with E-state index in [1.54, 1.807) is 0 Å². The molecule has 0 aromatic heterocycles. The van der Waals surface area contributed by atoms with Crippen molar-refractivity contribution in [2.24, 2.45) is 5.92 Å². The average molecular weight is 324 g/mol. The van der Waals surface area contributed by atoms with E-state index in [4.69, 9.17) is 39.3 Å². The van der Waals surface area contributed by atoms with Crippen molar-refractivity contribution in [2.45, 2.75) is 37.9 Å². The third kappa shape index (κ3) is 9.62. The van der Waals surface area contributed by atoms with Gasteiger partial charge in [0, 0.05) is 23.6 Å². The van der Waals surface area contributed by atoms with E-state index in [2.05, 4.69) is 0 Å². The summed E-state index contributed by atoms with van der Waals surface area (Å²) >= 11 is 17.5. The molecule has 6 heteroatoms. The molecule has 0 aliphatic rings. The lowest BCUT2D eigenvalue weighted by atomic mass is 10.3. The van der Waals surface area contributed by atoms with E-state index in [0.717, 1.165) is 0 Å². The molecule has 2 nitrogen and oxygen atoms in total. The zero-order valence-corrected chi connectivity index (χ0v) is 13.8. The number of hydrogen-bond donors (Lipinski definition) is 0. The van der Waals surface area contributed by atoms with Crippen LogP contribution in [0, 0.1) is 5.92 Å². The highest BCUT2D eigenvalue weighted by Crippen LogP contribution is 2.49. The molecule has 0 N–H and O–H groups in total. The van der Waals surface area contributed by atoms with Crippen LogP contribution in [0.3, 0.4) is 0 Å². The van der Waals surface area contributed by atoms with E-state index < -0.39 is 7.37 Å². The Hall–Kier alpha value is 1.06. The molecule has 0 aliphatic heterocycles. The first-order valence-electron chi connectivity index (χ1n) is 5.86. The van der Waals surface area contributed by atoms with Crippen molar-refractivity contribution < 1.29 is 9.09 Å². The van der Waals surface area contributed by atoms with E-state index in [1.165, 1.54) is 0 Å². The predicted octanol–water partition coefficient (Wildman–Crippen LogP) is 4.80. The number of halogens is 3. The molecule has 17 heavy (non-hydrogen) atoms. The van der Waals surface area contributed by atoms with Crippen molar-refractivity contribution in [3.05, 3.63) is 0 Å². The van der Waals surface area contributed by atoms with Gasteiger partial charge < -0.3 is 4.52 Å². The van der Waals surface area contributed by atoms with Crippen LogP contribution < -0.4 is 0 Å². The molecule has 0 saturated carbocycles. The van der Waals surface area contributed by atoms with Gasteiger partial charge in [0.1, 0.15) is 0 Å². The Labute approximate surface area is 120 Å². The fraction of sp³-hybridized carbons (Fsp3) is 1.00. The normalized spacial score (nSPS) is 20.6. The SMILES string of the molecule is CC(Cl)CCP(=O)(CC(C)CCl)OCC(C)Cl. The molecular weight excluding hydrogens is 301 g/mol. The van der Waals surface area contributed by atoms with Crippen molar-refractivity contribution in [2.75, 3.05) is 24.8 Å². The molecule has 0 saturated heterocycles. The molecule has 0 aromatic carbocycles. The van der Waals surface area contributed by atoms with Crippen LogP contribution in [0.25, 0.3) is 0 Å². The largest absolute Gasteiger partial charge is 0.327 e. The van der Waals surface area contributed by atoms with Crippen molar-refractivity contribution in [3.8, 4) is 0 Å². The van der Waals surface area contributed by atoms with Gasteiger partial charge in [-0.25, -0.2) is 0 Å². The van der Waals surface area contributed by atoms with Gasteiger partial charge in [0.2, 0.25) is 7.37 Å². The van der Waals surface area contributed by atoms with Gasteiger partial charge in [-0.1, -0.05) is 6.92 Å². The molecule has 0 radical (unpaired) electrons. The summed E-state index contributed by atoms with van der Waals surface area (Å²) in [6.07, 6.45) is 1.69. The van der Waals surface area contributed by atoms with E-state index >= 15 is 0 Å². The summed E-state index contributed by atoms with van der Waals surface area (Å²) in [5.74, 6) is 0.666. The highest BCUT2D eigenvalue weighted by Gasteiger charge is 2.26.